The summed E-state index contributed by atoms with van der Waals surface area (Å²) in [4.78, 5) is 14.2. The number of carbonyl (C=O) groups excluding carboxylic acids is 1. The first-order chi connectivity index (χ1) is 9.91. The van der Waals surface area contributed by atoms with Crippen molar-refractivity contribution in [2.24, 2.45) is 0 Å². The average molecular weight is 323 g/mol. The van der Waals surface area contributed by atoms with E-state index in [0.717, 1.165) is 5.56 Å². The van der Waals surface area contributed by atoms with Gasteiger partial charge in [0, 0.05) is 17.8 Å². The number of hydrogen-bond acceptors (Lipinski definition) is 2. The Hall–Kier alpha value is -1.71. The molecule has 0 bridgehead atoms. The maximum atomic E-state index is 12.6. The SMILES string of the molecule is CC(c1ccc(Cl)cc1)N(C)C(=O)c1c(N)cccc1Cl. The lowest BCUT2D eigenvalue weighted by Gasteiger charge is -2.26. The summed E-state index contributed by atoms with van der Waals surface area (Å²) in [6, 6.07) is 12.3. The molecule has 0 fully saturated rings. The Labute approximate surface area is 134 Å². The molecule has 5 heteroatoms. The molecule has 3 nitrogen and oxygen atoms in total. The van der Waals surface area contributed by atoms with Crippen LogP contribution in [0.2, 0.25) is 10.0 Å². The van der Waals surface area contributed by atoms with Gasteiger partial charge in [0.15, 0.2) is 0 Å². The Balaban J connectivity index is 2.28. The van der Waals surface area contributed by atoms with Gasteiger partial charge >= 0.3 is 0 Å². The molecule has 1 atom stereocenters. The highest BCUT2D eigenvalue weighted by Crippen LogP contribution is 2.27. The summed E-state index contributed by atoms with van der Waals surface area (Å²) in [5.74, 6) is -0.208. The molecule has 0 saturated carbocycles. The molecular weight excluding hydrogens is 307 g/mol. The second kappa shape index (κ2) is 6.37. The predicted octanol–water partition coefficient (Wildman–Crippen LogP) is 4.41. The van der Waals surface area contributed by atoms with Gasteiger partial charge in [-0.2, -0.15) is 0 Å². The first-order valence-electron chi connectivity index (χ1n) is 6.48. The number of rotatable bonds is 3. The monoisotopic (exact) mass is 322 g/mol. The fraction of sp³-hybridized carbons (Fsp3) is 0.188. The van der Waals surface area contributed by atoms with E-state index in [0.29, 0.717) is 21.3 Å². The molecule has 2 N–H and O–H groups in total. The van der Waals surface area contributed by atoms with Crippen molar-refractivity contribution in [2.45, 2.75) is 13.0 Å². The van der Waals surface area contributed by atoms with Crippen LogP contribution in [0.1, 0.15) is 28.9 Å². The van der Waals surface area contributed by atoms with Crippen LogP contribution < -0.4 is 5.73 Å². The van der Waals surface area contributed by atoms with Gasteiger partial charge in [-0.3, -0.25) is 4.79 Å². The maximum absolute atomic E-state index is 12.6. The van der Waals surface area contributed by atoms with E-state index in [4.69, 9.17) is 28.9 Å². The van der Waals surface area contributed by atoms with E-state index in [9.17, 15) is 4.79 Å². The van der Waals surface area contributed by atoms with E-state index >= 15 is 0 Å². The van der Waals surface area contributed by atoms with Crippen molar-refractivity contribution in [3.63, 3.8) is 0 Å². The Morgan fingerprint density at radius 2 is 1.76 bits per heavy atom. The molecule has 0 aliphatic heterocycles. The Morgan fingerprint density at radius 1 is 1.14 bits per heavy atom. The van der Waals surface area contributed by atoms with Crippen molar-refractivity contribution in [1.82, 2.24) is 4.90 Å². The minimum absolute atomic E-state index is 0.120. The molecular formula is C16H16Cl2N2O. The van der Waals surface area contributed by atoms with Crippen molar-refractivity contribution in [2.75, 3.05) is 12.8 Å². The molecule has 0 aliphatic rings. The predicted molar refractivity (Wildman–Crippen MR) is 87.8 cm³/mol. The third-order valence-electron chi connectivity index (χ3n) is 3.51. The lowest BCUT2D eigenvalue weighted by Crippen LogP contribution is -2.30. The van der Waals surface area contributed by atoms with E-state index in [1.807, 2.05) is 19.1 Å². The molecule has 0 saturated heterocycles. The van der Waals surface area contributed by atoms with Gasteiger partial charge in [-0.25, -0.2) is 0 Å². The lowest BCUT2D eigenvalue weighted by atomic mass is 10.1. The van der Waals surface area contributed by atoms with Crippen molar-refractivity contribution in [3.8, 4) is 0 Å². The van der Waals surface area contributed by atoms with E-state index in [-0.39, 0.29) is 11.9 Å². The number of nitrogens with zero attached hydrogens (tertiary/aromatic N) is 1. The summed E-state index contributed by atoms with van der Waals surface area (Å²) in [7, 11) is 1.73. The van der Waals surface area contributed by atoms with Crippen LogP contribution in [0.5, 0.6) is 0 Å². The molecule has 110 valence electrons. The molecule has 0 aliphatic carbocycles. The van der Waals surface area contributed by atoms with E-state index in [1.165, 1.54) is 0 Å². The van der Waals surface area contributed by atoms with Gasteiger partial charge < -0.3 is 10.6 Å². The van der Waals surface area contributed by atoms with Gasteiger partial charge in [0.1, 0.15) is 0 Å². The molecule has 21 heavy (non-hydrogen) atoms. The lowest BCUT2D eigenvalue weighted by molar-refractivity contribution is 0.0744. The van der Waals surface area contributed by atoms with Gasteiger partial charge in [0.25, 0.3) is 5.91 Å². The van der Waals surface area contributed by atoms with Gasteiger partial charge in [-0.05, 0) is 36.8 Å². The minimum Gasteiger partial charge on any atom is -0.398 e. The number of carbonyl (C=O) groups is 1. The van der Waals surface area contributed by atoms with Crippen LogP contribution in [0.15, 0.2) is 42.5 Å². The van der Waals surface area contributed by atoms with Gasteiger partial charge in [-0.1, -0.05) is 41.4 Å². The van der Waals surface area contributed by atoms with E-state index in [1.54, 1.807) is 42.3 Å². The van der Waals surface area contributed by atoms with Gasteiger partial charge in [-0.15, -0.1) is 0 Å². The molecule has 2 aromatic carbocycles. The number of amides is 1. The first kappa shape index (κ1) is 15.7. The first-order valence-corrected chi connectivity index (χ1v) is 7.24. The Kier molecular flexibility index (Phi) is 4.76. The van der Waals surface area contributed by atoms with E-state index < -0.39 is 0 Å². The van der Waals surface area contributed by atoms with Crippen LogP contribution in [-0.4, -0.2) is 17.9 Å². The van der Waals surface area contributed by atoms with Crippen molar-refractivity contribution < 1.29 is 4.79 Å². The molecule has 2 aromatic rings. The minimum atomic E-state index is -0.208. The molecule has 0 radical (unpaired) electrons. The molecule has 2 rings (SSSR count). The van der Waals surface area contributed by atoms with Crippen LogP contribution in [0.3, 0.4) is 0 Å². The van der Waals surface area contributed by atoms with E-state index in [2.05, 4.69) is 0 Å². The highest BCUT2D eigenvalue weighted by atomic mass is 35.5. The largest absolute Gasteiger partial charge is 0.398 e. The summed E-state index contributed by atoms with van der Waals surface area (Å²) in [6.45, 7) is 1.94. The van der Waals surface area contributed by atoms with Gasteiger partial charge in [0.2, 0.25) is 0 Å². The van der Waals surface area contributed by atoms with Crippen molar-refractivity contribution in [1.29, 1.82) is 0 Å². The standard InChI is InChI=1S/C16H16Cl2N2O/c1-10(11-6-8-12(17)9-7-11)20(2)16(21)15-13(18)4-3-5-14(15)19/h3-10H,19H2,1-2H3. The number of anilines is 1. The van der Waals surface area contributed by atoms with Crippen LogP contribution in [-0.2, 0) is 0 Å². The van der Waals surface area contributed by atoms with Crippen LogP contribution in [0.25, 0.3) is 0 Å². The van der Waals surface area contributed by atoms with Crippen LogP contribution in [0, 0.1) is 0 Å². The summed E-state index contributed by atoms with van der Waals surface area (Å²) in [6.07, 6.45) is 0. The number of benzene rings is 2. The smallest absolute Gasteiger partial charge is 0.257 e. The zero-order valence-corrected chi connectivity index (χ0v) is 13.3. The summed E-state index contributed by atoms with van der Waals surface area (Å²) < 4.78 is 0. The fourth-order valence-corrected chi connectivity index (χ4v) is 2.47. The molecule has 1 amide bonds. The number of nitrogens with two attached hydrogens (primary N) is 1. The van der Waals surface area contributed by atoms with Crippen molar-refractivity contribution in [3.05, 3.63) is 63.6 Å². The maximum Gasteiger partial charge on any atom is 0.257 e. The third kappa shape index (κ3) is 3.31. The zero-order chi connectivity index (χ0) is 15.6. The second-order valence-electron chi connectivity index (χ2n) is 4.85. The van der Waals surface area contributed by atoms with Gasteiger partial charge in [0.05, 0.1) is 16.6 Å². The Morgan fingerprint density at radius 3 is 2.33 bits per heavy atom. The Bertz CT molecular complexity index is 636. The zero-order valence-electron chi connectivity index (χ0n) is 11.8. The van der Waals surface area contributed by atoms with Crippen LogP contribution >= 0.6 is 23.2 Å². The highest BCUT2D eigenvalue weighted by Gasteiger charge is 2.22. The normalized spacial score (nSPS) is 12.0. The molecule has 0 heterocycles. The molecule has 1 unspecified atom stereocenters. The van der Waals surface area contributed by atoms with Crippen molar-refractivity contribution >= 4 is 34.8 Å². The second-order valence-corrected chi connectivity index (χ2v) is 5.69. The summed E-state index contributed by atoms with van der Waals surface area (Å²) in [5.41, 5.74) is 7.57. The topological polar surface area (TPSA) is 46.3 Å². The molecule has 0 spiro atoms. The number of halogens is 2. The average Bonchev–Trinajstić information content (AvgIpc) is 2.46. The quantitative estimate of drug-likeness (QED) is 0.851. The summed E-state index contributed by atoms with van der Waals surface area (Å²) in [5, 5.41) is 1.02. The fourth-order valence-electron chi connectivity index (χ4n) is 2.08. The molecule has 0 aromatic heterocycles. The highest BCUT2D eigenvalue weighted by molar-refractivity contribution is 6.34. The third-order valence-corrected chi connectivity index (χ3v) is 4.08. The number of nitrogen functional groups attached to an aromatic ring is 1. The summed E-state index contributed by atoms with van der Waals surface area (Å²) >= 11 is 12.0. The number of hydrogen-bond donors (Lipinski definition) is 1. The van der Waals surface area contributed by atoms with Crippen LogP contribution in [0.4, 0.5) is 5.69 Å².